The molecule has 0 saturated heterocycles. The van der Waals surface area contributed by atoms with Crippen LogP contribution in [0.1, 0.15) is 5.69 Å². The minimum atomic E-state index is 0.789. The standard InChI is InChI=1S/C15H14N3/c1-11-6-7-13-8-9-14(18-15(13)17-11)16-10-12-4-2-3-5-12/h2-9H,10H2,1H3,(H,16,17,18). The number of hydrogen-bond donors (Lipinski definition) is 1. The van der Waals surface area contributed by atoms with E-state index in [-0.39, 0.29) is 0 Å². The van der Waals surface area contributed by atoms with Crippen LogP contribution in [0.4, 0.5) is 5.82 Å². The van der Waals surface area contributed by atoms with E-state index in [0.29, 0.717) is 0 Å². The molecule has 3 rings (SSSR count). The second kappa shape index (κ2) is 4.92. The SMILES string of the molecule is Cc1ccc2ccc(NC[C]3[CH][CH][CH][CH]3)nc2n1. The molecule has 1 N–H and O–H groups in total. The number of rotatable bonds is 3. The molecule has 89 valence electrons. The molecule has 0 unspecified atom stereocenters. The van der Waals surface area contributed by atoms with Crippen LogP contribution in [0.25, 0.3) is 11.0 Å². The second-order valence-electron chi connectivity index (χ2n) is 4.34. The van der Waals surface area contributed by atoms with Gasteiger partial charge in [0.05, 0.1) is 0 Å². The van der Waals surface area contributed by atoms with Gasteiger partial charge in [-0.05, 0) is 56.9 Å². The van der Waals surface area contributed by atoms with Gasteiger partial charge < -0.3 is 5.32 Å². The van der Waals surface area contributed by atoms with Gasteiger partial charge >= 0.3 is 0 Å². The van der Waals surface area contributed by atoms with Crippen LogP contribution in [0.5, 0.6) is 0 Å². The van der Waals surface area contributed by atoms with Crippen molar-refractivity contribution < 1.29 is 0 Å². The number of aromatic nitrogens is 2. The molecule has 1 aliphatic carbocycles. The quantitative estimate of drug-likeness (QED) is 0.890. The van der Waals surface area contributed by atoms with Crippen LogP contribution in [-0.4, -0.2) is 16.5 Å². The fourth-order valence-electron chi connectivity index (χ4n) is 1.92. The highest BCUT2D eigenvalue weighted by Gasteiger charge is 2.16. The maximum absolute atomic E-state index is 4.51. The molecular weight excluding hydrogens is 222 g/mol. The lowest BCUT2D eigenvalue weighted by Gasteiger charge is -2.10. The molecule has 0 bridgehead atoms. The van der Waals surface area contributed by atoms with Crippen molar-refractivity contribution in [2.75, 3.05) is 11.9 Å². The van der Waals surface area contributed by atoms with E-state index in [1.54, 1.807) is 0 Å². The molecule has 1 aliphatic rings. The Bertz CT molecular complexity index is 544. The van der Waals surface area contributed by atoms with Crippen molar-refractivity contribution in [1.82, 2.24) is 9.97 Å². The van der Waals surface area contributed by atoms with Gasteiger partial charge in [0, 0.05) is 23.5 Å². The summed E-state index contributed by atoms with van der Waals surface area (Å²) in [5.74, 6) is 2.12. The molecule has 5 radical (unpaired) electrons. The van der Waals surface area contributed by atoms with Gasteiger partial charge in [-0.2, -0.15) is 0 Å². The van der Waals surface area contributed by atoms with Crippen molar-refractivity contribution in [2.24, 2.45) is 0 Å². The summed E-state index contributed by atoms with van der Waals surface area (Å²) in [7, 11) is 0. The summed E-state index contributed by atoms with van der Waals surface area (Å²) in [5, 5.41) is 4.38. The largest absolute Gasteiger partial charge is 0.369 e. The van der Waals surface area contributed by atoms with Crippen LogP contribution in [0.15, 0.2) is 24.3 Å². The van der Waals surface area contributed by atoms with Crippen LogP contribution in [0.3, 0.4) is 0 Å². The second-order valence-corrected chi connectivity index (χ2v) is 4.34. The van der Waals surface area contributed by atoms with Gasteiger partial charge in [0.2, 0.25) is 0 Å². The Balaban J connectivity index is 1.75. The van der Waals surface area contributed by atoms with Crippen molar-refractivity contribution >= 4 is 16.9 Å². The van der Waals surface area contributed by atoms with Crippen molar-refractivity contribution in [3.05, 3.63) is 61.6 Å². The van der Waals surface area contributed by atoms with Crippen molar-refractivity contribution in [2.45, 2.75) is 6.92 Å². The lowest BCUT2D eigenvalue weighted by atomic mass is 10.1. The number of anilines is 1. The fraction of sp³-hybridized carbons (Fsp3) is 0.133. The molecule has 2 aromatic heterocycles. The van der Waals surface area contributed by atoms with Gasteiger partial charge in [0.1, 0.15) is 5.82 Å². The van der Waals surface area contributed by atoms with Crippen LogP contribution in [-0.2, 0) is 0 Å². The number of hydrogen-bond acceptors (Lipinski definition) is 3. The van der Waals surface area contributed by atoms with Crippen molar-refractivity contribution in [3.63, 3.8) is 0 Å². The molecule has 1 fully saturated rings. The first-order valence-electron chi connectivity index (χ1n) is 6.00. The van der Waals surface area contributed by atoms with E-state index in [1.807, 2.05) is 44.0 Å². The highest BCUT2D eigenvalue weighted by atomic mass is 15.0. The predicted octanol–water partition coefficient (Wildman–Crippen LogP) is 2.76. The Labute approximate surface area is 108 Å². The number of fused-ring (bicyclic) bond motifs is 1. The molecule has 0 amide bonds. The molecule has 1 saturated carbocycles. The fourth-order valence-corrected chi connectivity index (χ4v) is 1.92. The van der Waals surface area contributed by atoms with Gasteiger partial charge in [-0.1, -0.05) is 0 Å². The number of aryl methyl sites for hydroxylation is 1. The van der Waals surface area contributed by atoms with Crippen LogP contribution >= 0.6 is 0 Å². The molecule has 0 aliphatic heterocycles. The topological polar surface area (TPSA) is 37.8 Å². The third kappa shape index (κ3) is 2.45. The molecule has 0 aromatic carbocycles. The third-order valence-electron chi connectivity index (χ3n) is 2.90. The van der Waals surface area contributed by atoms with Crippen molar-refractivity contribution in [1.29, 1.82) is 0 Å². The predicted molar refractivity (Wildman–Crippen MR) is 73.2 cm³/mol. The first-order valence-corrected chi connectivity index (χ1v) is 6.00. The molecule has 2 heterocycles. The zero-order valence-electron chi connectivity index (χ0n) is 10.2. The molecule has 2 aromatic rings. The van der Waals surface area contributed by atoms with E-state index in [2.05, 4.69) is 28.1 Å². The lowest BCUT2D eigenvalue weighted by Crippen LogP contribution is -2.11. The molecule has 0 atom stereocenters. The Morgan fingerprint density at radius 2 is 1.78 bits per heavy atom. The summed E-state index contributed by atoms with van der Waals surface area (Å²) < 4.78 is 0. The zero-order valence-corrected chi connectivity index (χ0v) is 10.2. The van der Waals surface area contributed by atoms with E-state index in [9.17, 15) is 0 Å². The number of nitrogens with zero attached hydrogens (tertiary/aromatic N) is 2. The monoisotopic (exact) mass is 236 g/mol. The third-order valence-corrected chi connectivity index (χ3v) is 2.90. The minimum absolute atomic E-state index is 0.789. The Morgan fingerprint density at radius 1 is 1.00 bits per heavy atom. The smallest absolute Gasteiger partial charge is 0.161 e. The first-order chi connectivity index (χ1) is 8.81. The van der Waals surface area contributed by atoms with Gasteiger partial charge in [0.15, 0.2) is 5.65 Å². The summed E-state index contributed by atoms with van der Waals surface area (Å²) >= 11 is 0. The van der Waals surface area contributed by atoms with Gasteiger partial charge in [-0.25, -0.2) is 9.97 Å². The number of pyridine rings is 2. The average molecular weight is 236 g/mol. The van der Waals surface area contributed by atoms with Crippen molar-refractivity contribution in [3.8, 4) is 0 Å². The maximum atomic E-state index is 4.51. The Kier molecular flexibility index (Phi) is 3.13. The lowest BCUT2D eigenvalue weighted by molar-refractivity contribution is 1.08. The Morgan fingerprint density at radius 3 is 2.61 bits per heavy atom. The normalized spacial score (nSPS) is 16.3. The highest BCUT2D eigenvalue weighted by Crippen LogP contribution is 2.23. The first kappa shape index (κ1) is 11.5. The van der Waals surface area contributed by atoms with Gasteiger partial charge in [-0.15, -0.1) is 0 Å². The molecule has 18 heavy (non-hydrogen) atoms. The molecule has 0 spiro atoms. The van der Waals surface area contributed by atoms with E-state index in [1.165, 1.54) is 5.92 Å². The summed E-state index contributed by atoms with van der Waals surface area (Å²) in [6, 6.07) is 8.08. The van der Waals surface area contributed by atoms with Crippen LogP contribution < -0.4 is 5.32 Å². The summed E-state index contributed by atoms with van der Waals surface area (Å²) in [5.41, 5.74) is 1.78. The summed E-state index contributed by atoms with van der Waals surface area (Å²) in [4.78, 5) is 8.94. The van der Waals surface area contributed by atoms with Crippen LogP contribution in [0.2, 0.25) is 0 Å². The van der Waals surface area contributed by atoms with Crippen LogP contribution in [0, 0.1) is 38.5 Å². The van der Waals surface area contributed by atoms with E-state index < -0.39 is 0 Å². The van der Waals surface area contributed by atoms with E-state index >= 15 is 0 Å². The van der Waals surface area contributed by atoms with E-state index in [4.69, 9.17) is 0 Å². The summed E-state index contributed by atoms with van der Waals surface area (Å²) in [6.45, 7) is 2.77. The molecule has 3 heteroatoms. The highest BCUT2D eigenvalue weighted by molar-refractivity contribution is 5.76. The maximum Gasteiger partial charge on any atom is 0.161 e. The van der Waals surface area contributed by atoms with Gasteiger partial charge in [-0.3, -0.25) is 0 Å². The van der Waals surface area contributed by atoms with E-state index in [0.717, 1.165) is 29.1 Å². The molecule has 3 nitrogen and oxygen atoms in total. The zero-order chi connectivity index (χ0) is 12.4. The summed E-state index contributed by atoms with van der Waals surface area (Å²) in [6.07, 6.45) is 8.26. The van der Waals surface area contributed by atoms with Gasteiger partial charge in [0.25, 0.3) is 0 Å². The average Bonchev–Trinajstić information content (AvgIpc) is 2.89. The minimum Gasteiger partial charge on any atom is -0.369 e. The Hall–Kier alpha value is -1.64. The molecular formula is C15H14N3. The number of nitrogens with one attached hydrogen (secondary N) is 1.